The van der Waals surface area contributed by atoms with Gasteiger partial charge in [0.25, 0.3) is 0 Å². The molecule has 4 nitrogen and oxygen atoms in total. The molecular formula is C69H66N4. The molecule has 0 saturated carbocycles. The highest BCUT2D eigenvalue weighted by Crippen LogP contribution is 2.64. The summed E-state index contributed by atoms with van der Waals surface area (Å²) in [6.07, 6.45) is 35.9. The largest absolute Gasteiger partial charge is 0.310 e. The van der Waals surface area contributed by atoms with Crippen molar-refractivity contribution in [1.29, 1.82) is 0 Å². The van der Waals surface area contributed by atoms with Crippen molar-refractivity contribution < 1.29 is 0 Å². The molecule has 7 aromatic rings. The van der Waals surface area contributed by atoms with Crippen molar-refractivity contribution in [2.45, 2.75) is 99.8 Å². The lowest BCUT2D eigenvalue weighted by Gasteiger charge is -2.46. The maximum atomic E-state index is 5.55. The molecule has 3 aromatic heterocycles. The van der Waals surface area contributed by atoms with E-state index in [4.69, 9.17) is 9.97 Å². The summed E-state index contributed by atoms with van der Waals surface area (Å²) in [6, 6.07) is 32.9. The van der Waals surface area contributed by atoms with Crippen molar-refractivity contribution in [1.82, 2.24) is 19.1 Å². The smallest absolute Gasteiger partial charge is 0.235 e. The molecule has 7 aliphatic carbocycles. The van der Waals surface area contributed by atoms with Gasteiger partial charge in [0.1, 0.15) is 0 Å². The lowest BCUT2D eigenvalue weighted by molar-refractivity contribution is 0.178. The molecule has 73 heavy (non-hydrogen) atoms. The summed E-state index contributed by atoms with van der Waals surface area (Å²) >= 11 is 0. The third-order valence-corrected chi connectivity index (χ3v) is 19.2. The van der Waals surface area contributed by atoms with Gasteiger partial charge in [-0.1, -0.05) is 195 Å². The van der Waals surface area contributed by atoms with Crippen LogP contribution in [0.5, 0.6) is 0 Å². The summed E-state index contributed by atoms with van der Waals surface area (Å²) in [5.41, 5.74) is 23.7. The summed E-state index contributed by atoms with van der Waals surface area (Å²) in [5.74, 6) is 2.12. The Morgan fingerprint density at radius 1 is 0.616 bits per heavy atom. The molecule has 0 aliphatic heterocycles. The number of nitrogens with zero attached hydrogens (tertiary/aromatic N) is 4. The van der Waals surface area contributed by atoms with Gasteiger partial charge in [0.05, 0.1) is 22.4 Å². The average Bonchev–Trinajstić information content (AvgIpc) is 3.97. The molecule has 3 heterocycles. The second-order valence-electron chi connectivity index (χ2n) is 24.2. The van der Waals surface area contributed by atoms with Gasteiger partial charge in [0.15, 0.2) is 0 Å². The molecule has 4 heteroatoms. The van der Waals surface area contributed by atoms with Crippen molar-refractivity contribution in [3.05, 3.63) is 201 Å². The molecule has 14 rings (SSSR count). The quantitative estimate of drug-likeness (QED) is 0.172. The van der Waals surface area contributed by atoms with E-state index in [-0.39, 0.29) is 21.7 Å². The Balaban J connectivity index is 0.880. The molecular weight excluding hydrogens is 885 g/mol. The molecule has 0 spiro atoms. The number of hydrogen-bond acceptors (Lipinski definition) is 2. The van der Waals surface area contributed by atoms with Crippen LogP contribution < -0.4 is 0 Å². The summed E-state index contributed by atoms with van der Waals surface area (Å²) in [6.45, 7) is 19.8. The fourth-order valence-electron chi connectivity index (χ4n) is 15.2. The fraction of sp³-hybridized carbons (Fsp3) is 0.304. The minimum atomic E-state index is -0.175. The number of para-hydroxylation sites is 1. The zero-order valence-corrected chi connectivity index (χ0v) is 43.9. The predicted molar refractivity (Wildman–Crippen MR) is 306 cm³/mol. The van der Waals surface area contributed by atoms with E-state index in [2.05, 4.69) is 228 Å². The van der Waals surface area contributed by atoms with Crippen LogP contribution in [0, 0.1) is 33.5 Å². The van der Waals surface area contributed by atoms with Gasteiger partial charge >= 0.3 is 0 Å². The van der Waals surface area contributed by atoms with E-state index in [1.807, 2.05) is 0 Å². The van der Waals surface area contributed by atoms with Gasteiger partial charge in [-0.05, 0) is 142 Å². The van der Waals surface area contributed by atoms with Crippen LogP contribution in [0.25, 0.3) is 80.1 Å². The third-order valence-electron chi connectivity index (χ3n) is 19.2. The first-order chi connectivity index (χ1) is 35.2. The maximum absolute atomic E-state index is 5.55. The molecule has 0 saturated heterocycles. The van der Waals surface area contributed by atoms with Gasteiger partial charge in [0.2, 0.25) is 5.95 Å². The molecule has 6 unspecified atom stereocenters. The molecule has 6 atom stereocenters. The van der Waals surface area contributed by atoms with Crippen LogP contribution in [0.2, 0.25) is 0 Å². The first-order valence-electron chi connectivity index (χ1n) is 27.2. The van der Waals surface area contributed by atoms with Crippen LogP contribution in [0.1, 0.15) is 125 Å². The minimum Gasteiger partial charge on any atom is -0.310 e. The molecule has 0 bridgehead atoms. The summed E-state index contributed by atoms with van der Waals surface area (Å²) in [7, 11) is 0. The Morgan fingerprint density at radius 2 is 1.30 bits per heavy atom. The van der Waals surface area contributed by atoms with Crippen molar-refractivity contribution in [2.24, 2.45) is 33.5 Å². The first kappa shape index (κ1) is 44.6. The standard InChI is InChI=1S/C69H66N4/c1-42-24-25-47-30-31-59-61(52(47)38-42)54-41-68(7,36-34-58(54)72(59)49-32-37-69(8)55-22-15-16-43(2)62(55)66(4,5)60(69)39-49)67(6)35-33-57-53(40-67)50-21-14-17-44(3)64(50)73(57)65-70-56-23-13-12-20-51(56)63(71-65)48-28-26-46(27-29-48)45-18-10-9-11-19-45/h9-15,18-36,39,42-44H,16-17,37-38,40-41H2,1-8H3. The van der Waals surface area contributed by atoms with Crippen LogP contribution in [0.15, 0.2) is 156 Å². The highest BCUT2D eigenvalue weighted by Gasteiger charge is 2.53. The van der Waals surface area contributed by atoms with Crippen molar-refractivity contribution in [3.63, 3.8) is 0 Å². The second kappa shape index (κ2) is 15.7. The van der Waals surface area contributed by atoms with Gasteiger partial charge < -0.3 is 4.57 Å². The van der Waals surface area contributed by atoms with E-state index in [1.54, 1.807) is 16.7 Å². The van der Waals surface area contributed by atoms with Crippen molar-refractivity contribution >= 4 is 51.8 Å². The fourth-order valence-corrected chi connectivity index (χ4v) is 15.2. The number of benzene rings is 4. The zero-order chi connectivity index (χ0) is 49.8. The van der Waals surface area contributed by atoms with Crippen LogP contribution in [0.3, 0.4) is 0 Å². The van der Waals surface area contributed by atoms with Crippen LogP contribution >= 0.6 is 0 Å². The van der Waals surface area contributed by atoms with Crippen molar-refractivity contribution in [2.75, 3.05) is 0 Å². The third kappa shape index (κ3) is 6.38. The second-order valence-corrected chi connectivity index (χ2v) is 24.2. The van der Waals surface area contributed by atoms with E-state index >= 15 is 0 Å². The number of allylic oxidation sites excluding steroid dienone is 12. The molecule has 0 amide bonds. The van der Waals surface area contributed by atoms with Gasteiger partial charge in [-0.3, -0.25) is 4.57 Å². The highest BCUT2D eigenvalue weighted by atomic mass is 15.2. The predicted octanol–water partition coefficient (Wildman–Crippen LogP) is 17.4. The average molecular weight is 951 g/mol. The molecule has 7 aliphatic rings. The Labute approximate surface area is 431 Å². The summed E-state index contributed by atoms with van der Waals surface area (Å²) < 4.78 is 5.10. The van der Waals surface area contributed by atoms with Gasteiger partial charge in [-0.2, -0.15) is 0 Å². The molecule has 0 N–H and O–H groups in total. The molecule has 4 aromatic carbocycles. The van der Waals surface area contributed by atoms with Crippen LogP contribution in [-0.2, 0) is 19.3 Å². The van der Waals surface area contributed by atoms with E-state index in [0.717, 1.165) is 66.6 Å². The normalized spacial score (nSPS) is 27.1. The monoisotopic (exact) mass is 951 g/mol. The summed E-state index contributed by atoms with van der Waals surface area (Å²) in [4.78, 5) is 11.0. The Morgan fingerprint density at radius 3 is 2.10 bits per heavy atom. The first-order valence-corrected chi connectivity index (χ1v) is 27.2. The lowest BCUT2D eigenvalue weighted by Crippen LogP contribution is -2.40. The van der Waals surface area contributed by atoms with E-state index < -0.39 is 0 Å². The van der Waals surface area contributed by atoms with Crippen LogP contribution in [-0.4, -0.2) is 19.1 Å². The number of fused-ring (bicyclic) bond motifs is 11. The maximum Gasteiger partial charge on any atom is 0.235 e. The Hall–Kier alpha value is -7.04. The van der Waals surface area contributed by atoms with E-state index in [9.17, 15) is 0 Å². The minimum absolute atomic E-state index is 0.00822. The molecule has 0 fully saturated rings. The molecule has 362 valence electrons. The van der Waals surface area contributed by atoms with E-state index in [1.165, 1.54) is 72.6 Å². The zero-order valence-electron chi connectivity index (χ0n) is 43.9. The van der Waals surface area contributed by atoms with Crippen LogP contribution in [0.4, 0.5) is 0 Å². The van der Waals surface area contributed by atoms with E-state index in [0.29, 0.717) is 17.8 Å². The summed E-state index contributed by atoms with van der Waals surface area (Å²) in [5, 5.41) is 2.55. The number of aromatic nitrogens is 4. The number of hydrogen-bond donors (Lipinski definition) is 0. The Kier molecular flexibility index (Phi) is 9.62. The van der Waals surface area contributed by atoms with Gasteiger partial charge in [-0.25, -0.2) is 9.97 Å². The highest BCUT2D eigenvalue weighted by molar-refractivity contribution is 5.98. The van der Waals surface area contributed by atoms with Crippen molar-refractivity contribution in [3.8, 4) is 28.3 Å². The SMILES string of the molecule is CC1C=Cc2ccc3c(c2C1)c1c(n3C2=CCC3(C)C(=C2)C(C)(C)C2=C3C=CCC2C)C=CC(C)(C2(C)C=Cc3c(c4c(n3-c3nc(-c5ccc(-c6ccccc6)cc5)c5ccccc5n3)C(C)CC=C4)C2)C1. The molecule has 0 radical (unpaired) electrons. The topological polar surface area (TPSA) is 35.6 Å². The lowest BCUT2D eigenvalue weighted by atomic mass is 9.57. The Bertz CT molecular complexity index is 3790. The van der Waals surface area contributed by atoms with Gasteiger partial charge in [-0.15, -0.1) is 0 Å². The van der Waals surface area contributed by atoms with Gasteiger partial charge in [0, 0.05) is 50.2 Å². The number of rotatable bonds is 5.